The van der Waals surface area contributed by atoms with Gasteiger partial charge in [-0.2, -0.15) is 0 Å². The number of oxazole rings is 1. The van der Waals surface area contributed by atoms with Crippen LogP contribution in [0.25, 0.3) is 11.5 Å². The molecule has 0 bridgehead atoms. The second-order valence-electron chi connectivity index (χ2n) is 6.05. The highest BCUT2D eigenvalue weighted by molar-refractivity contribution is 5.78. The van der Waals surface area contributed by atoms with Crippen molar-refractivity contribution in [1.29, 1.82) is 0 Å². The van der Waals surface area contributed by atoms with Crippen molar-refractivity contribution in [3.63, 3.8) is 0 Å². The monoisotopic (exact) mass is 366 g/mol. The average Bonchev–Trinajstić information content (AvgIpc) is 3.07. The number of hydrogen-bond acceptors (Lipinski definition) is 5. The summed E-state index contributed by atoms with van der Waals surface area (Å²) in [6.07, 6.45) is 0.168. The number of amides is 1. The van der Waals surface area contributed by atoms with Gasteiger partial charge in [-0.25, -0.2) is 4.98 Å². The first-order valence-electron chi connectivity index (χ1n) is 8.59. The Bertz CT molecular complexity index is 899. The summed E-state index contributed by atoms with van der Waals surface area (Å²) in [7, 11) is 3.24. The fourth-order valence-corrected chi connectivity index (χ4v) is 2.61. The van der Waals surface area contributed by atoms with Crippen LogP contribution >= 0.6 is 0 Å². The van der Waals surface area contributed by atoms with E-state index in [1.807, 2.05) is 55.5 Å². The van der Waals surface area contributed by atoms with Gasteiger partial charge in [0.05, 0.1) is 26.3 Å². The molecule has 1 amide bonds. The Morgan fingerprint density at radius 1 is 1.00 bits per heavy atom. The molecule has 1 heterocycles. The number of aromatic nitrogens is 1. The minimum absolute atomic E-state index is 0.108. The van der Waals surface area contributed by atoms with Crippen LogP contribution in [-0.2, 0) is 17.8 Å². The zero-order valence-electron chi connectivity index (χ0n) is 15.6. The molecule has 3 aromatic rings. The molecule has 6 heteroatoms. The molecule has 1 N–H and O–H groups in total. The predicted molar refractivity (Wildman–Crippen MR) is 102 cm³/mol. The lowest BCUT2D eigenvalue weighted by Gasteiger charge is -2.05. The highest BCUT2D eigenvalue weighted by Crippen LogP contribution is 2.24. The SMILES string of the molecule is COc1ccc(CNC(=O)Cc2nc(-c3ccc(OC)cc3)oc2C)cc1. The van der Waals surface area contributed by atoms with E-state index in [9.17, 15) is 4.79 Å². The largest absolute Gasteiger partial charge is 0.497 e. The molecular weight excluding hydrogens is 344 g/mol. The van der Waals surface area contributed by atoms with Crippen molar-refractivity contribution in [2.24, 2.45) is 0 Å². The number of carbonyl (C=O) groups is 1. The molecule has 27 heavy (non-hydrogen) atoms. The van der Waals surface area contributed by atoms with E-state index in [2.05, 4.69) is 10.3 Å². The second kappa shape index (κ2) is 8.40. The first-order valence-corrected chi connectivity index (χ1v) is 8.59. The van der Waals surface area contributed by atoms with E-state index in [1.54, 1.807) is 14.2 Å². The fourth-order valence-electron chi connectivity index (χ4n) is 2.61. The number of nitrogens with zero attached hydrogens (tertiary/aromatic N) is 1. The Balaban J connectivity index is 1.61. The minimum atomic E-state index is -0.108. The van der Waals surface area contributed by atoms with E-state index in [0.29, 0.717) is 23.9 Å². The molecule has 1 aromatic heterocycles. The molecule has 0 saturated carbocycles. The molecule has 0 unspecified atom stereocenters. The number of methoxy groups -OCH3 is 2. The molecule has 2 aromatic carbocycles. The highest BCUT2D eigenvalue weighted by Gasteiger charge is 2.14. The highest BCUT2D eigenvalue weighted by atomic mass is 16.5. The molecule has 0 aliphatic heterocycles. The lowest BCUT2D eigenvalue weighted by Crippen LogP contribution is -2.24. The summed E-state index contributed by atoms with van der Waals surface area (Å²) >= 11 is 0. The van der Waals surface area contributed by atoms with Crippen LogP contribution in [0.15, 0.2) is 52.9 Å². The lowest BCUT2D eigenvalue weighted by atomic mass is 10.2. The van der Waals surface area contributed by atoms with Gasteiger partial charge in [0.1, 0.15) is 17.3 Å². The fraction of sp³-hybridized carbons (Fsp3) is 0.238. The van der Waals surface area contributed by atoms with Gasteiger partial charge < -0.3 is 19.2 Å². The Labute approximate surface area is 158 Å². The molecule has 6 nitrogen and oxygen atoms in total. The third-order valence-electron chi connectivity index (χ3n) is 4.21. The van der Waals surface area contributed by atoms with Crippen LogP contribution in [0.4, 0.5) is 0 Å². The molecule has 140 valence electrons. The molecule has 0 saturated heterocycles. The van der Waals surface area contributed by atoms with Crippen LogP contribution in [0.3, 0.4) is 0 Å². The van der Waals surface area contributed by atoms with Gasteiger partial charge >= 0.3 is 0 Å². The van der Waals surface area contributed by atoms with Crippen molar-refractivity contribution < 1.29 is 18.7 Å². The van der Waals surface area contributed by atoms with Gasteiger partial charge in [0.2, 0.25) is 11.8 Å². The Kier molecular flexibility index (Phi) is 5.76. The first-order chi connectivity index (χ1) is 13.1. The molecule has 0 aliphatic carbocycles. The molecule has 0 spiro atoms. The zero-order valence-corrected chi connectivity index (χ0v) is 15.6. The summed E-state index contributed by atoms with van der Waals surface area (Å²) in [6.45, 7) is 2.26. The van der Waals surface area contributed by atoms with Gasteiger partial charge in [0.15, 0.2) is 0 Å². The number of hydrogen-bond donors (Lipinski definition) is 1. The van der Waals surface area contributed by atoms with E-state index in [0.717, 1.165) is 22.6 Å². The van der Waals surface area contributed by atoms with Crippen LogP contribution in [-0.4, -0.2) is 25.1 Å². The van der Waals surface area contributed by atoms with Gasteiger partial charge in [-0.3, -0.25) is 4.79 Å². The van der Waals surface area contributed by atoms with Gasteiger partial charge in [-0.05, 0) is 48.9 Å². The number of carbonyl (C=O) groups excluding carboxylic acids is 1. The first kappa shape index (κ1) is 18.5. The summed E-state index contributed by atoms with van der Waals surface area (Å²) in [4.78, 5) is 16.7. The van der Waals surface area contributed by atoms with Gasteiger partial charge in [-0.15, -0.1) is 0 Å². The van der Waals surface area contributed by atoms with Crippen LogP contribution in [0.2, 0.25) is 0 Å². The van der Waals surface area contributed by atoms with Crippen molar-refractivity contribution in [3.8, 4) is 23.0 Å². The zero-order chi connectivity index (χ0) is 19.2. The maximum absolute atomic E-state index is 12.3. The van der Waals surface area contributed by atoms with Crippen LogP contribution in [0.5, 0.6) is 11.5 Å². The molecular formula is C21H22N2O4. The van der Waals surface area contributed by atoms with Crippen molar-refractivity contribution in [1.82, 2.24) is 10.3 Å². The Morgan fingerprint density at radius 3 is 2.19 bits per heavy atom. The van der Waals surface area contributed by atoms with Crippen molar-refractivity contribution in [2.45, 2.75) is 19.9 Å². The van der Waals surface area contributed by atoms with E-state index in [1.165, 1.54) is 0 Å². The molecule has 3 rings (SSSR count). The summed E-state index contributed by atoms with van der Waals surface area (Å²) in [5.74, 6) is 2.58. The number of ether oxygens (including phenoxy) is 2. The number of rotatable bonds is 7. The smallest absolute Gasteiger partial charge is 0.226 e. The van der Waals surface area contributed by atoms with Gasteiger partial charge in [-0.1, -0.05) is 12.1 Å². The van der Waals surface area contributed by atoms with Crippen LogP contribution in [0.1, 0.15) is 17.0 Å². The normalized spacial score (nSPS) is 10.5. The second-order valence-corrected chi connectivity index (χ2v) is 6.05. The number of benzene rings is 2. The number of nitrogens with one attached hydrogen (secondary N) is 1. The maximum atomic E-state index is 12.3. The quantitative estimate of drug-likeness (QED) is 0.692. The number of aryl methyl sites for hydroxylation is 1. The molecule has 0 radical (unpaired) electrons. The molecule has 0 atom stereocenters. The van der Waals surface area contributed by atoms with E-state index in [4.69, 9.17) is 13.9 Å². The van der Waals surface area contributed by atoms with E-state index >= 15 is 0 Å². The summed E-state index contributed by atoms with van der Waals surface area (Å²) in [5, 5.41) is 2.90. The minimum Gasteiger partial charge on any atom is -0.497 e. The predicted octanol–water partition coefficient (Wildman–Crippen LogP) is 3.53. The standard InChI is InChI=1S/C21H22N2O4/c1-14-19(23-21(27-14)16-6-10-18(26-3)11-7-16)12-20(24)22-13-15-4-8-17(25-2)9-5-15/h4-11H,12-13H2,1-3H3,(H,22,24). The summed E-state index contributed by atoms with van der Waals surface area (Å²) in [5.41, 5.74) is 2.47. The van der Waals surface area contributed by atoms with Crippen molar-refractivity contribution in [3.05, 3.63) is 65.5 Å². The lowest BCUT2D eigenvalue weighted by molar-refractivity contribution is -0.120. The van der Waals surface area contributed by atoms with Crippen LogP contribution < -0.4 is 14.8 Å². The summed E-state index contributed by atoms with van der Waals surface area (Å²) in [6, 6.07) is 15.0. The van der Waals surface area contributed by atoms with Gasteiger partial charge in [0.25, 0.3) is 0 Å². The maximum Gasteiger partial charge on any atom is 0.226 e. The molecule has 0 aliphatic rings. The summed E-state index contributed by atoms with van der Waals surface area (Å²) < 4.78 is 16.0. The van der Waals surface area contributed by atoms with Crippen LogP contribution in [0, 0.1) is 6.92 Å². The van der Waals surface area contributed by atoms with Gasteiger partial charge in [0, 0.05) is 12.1 Å². The van der Waals surface area contributed by atoms with Crippen molar-refractivity contribution >= 4 is 5.91 Å². The third-order valence-corrected chi connectivity index (χ3v) is 4.21. The molecule has 0 fully saturated rings. The van der Waals surface area contributed by atoms with Crippen molar-refractivity contribution in [2.75, 3.05) is 14.2 Å². The Morgan fingerprint density at radius 2 is 1.59 bits per heavy atom. The van der Waals surface area contributed by atoms with E-state index < -0.39 is 0 Å². The average molecular weight is 366 g/mol. The third kappa shape index (κ3) is 4.67. The Hall–Kier alpha value is -3.28. The van der Waals surface area contributed by atoms with E-state index in [-0.39, 0.29) is 12.3 Å². The topological polar surface area (TPSA) is 73.6 Å².